The van der Waals surface area contributed by atoms with E-state index in [1.54, 1.807) is 13.2 Å². The van der Waals surface area contributed by atoms with Crippen molar-refractivity contribution in [3.63, 3.8) is 0 Å². The first kappa shape index (κ1) is 23.6. The molecule has 180 valence electrons. The van der Waals surface area contributed by atoms with Gasteiger partial charge in [-0.1, -0.05) is 24.3 Å². The van der Waals surface area contributed by atoms with E-state index in [0.29, 0.717) is 25.0 Å². The van der Waals surface area contributed by atoms with Crippen LogP contribution >= 0.6 is 0 Å². The highest BCUT2D eigenvalue weighted by Gasteiger charge is 2.10. The van der Waals surface area contributed by atoms with E-state index in [9.17, 15) is 4.39 Å². The van der Waals surface area contributed by atoms with E-state index in [0.717, 1.165) is 62.5 Å². The second-order valence-electron chi connectivity index (χ2n) is 7.81. The first-order valence-electron chi connectivity index (χ1n) is 11.3. The smallest absolute Gasteiger partial charge is 0.224 e. The number of halogens is 1. The SMILES string of the molecule is CNc1ncc(F)c(NCc2ccc(CNc3ccnc(NCCN4CCOCC4)n3)cc2)n1. The molecule has 1 aliphatic rings. The maximum atomic E-state index is 13.9. The average molecular weight is 468 g/mol. The van der Waals surface area contributed by atoms with Crippen LogP contribution in [0.1, 0.15) is 11.1 Å². The lowest BCUT2D eigenvalue weighted by Crippen LogP contribution is -2.39. The summed E-state index contributed by atoms with van der Waals surface area (Å²) in [4.78, 5) is 19.1. The van der Waals surface area contributed by atoms with Gasteiger partial charge in [-0.15, -0.1) is 0 Å². The molecule has 0 radical (unpaired) electrons. The molecule has 0 saturated carbocycles. The van der Waals surface area contributed by atoms with Crippen molar-refractivity contribution in [2.24, 2.45) is 0 Å². The van der Waals surface area contributed by atoms with Crippen molar-refractivity contribution in [1.82, 2.24) is 24.8 Å². The van der Waals surface area contributed by atoms with Gasteiger partial charge >= 0.3 is 0 Å². The second kappa shape index (κ2) is 12.1. The number of aromatic nitrogens is 4. The number of hydrogen-bond acceptors (Lipinski definition) is 10. The van der Waals surface area contributed by atoms with Crippen LogP contribution in [-0.2, 0) is 17.8 Å². The molecule has 0 bridgehead atoms. The van der Waals surface area contributed by atoms with Gasteiger partial charge in [0.25, 0.3) is 0 Å². The minimum Gasteiger partial charge on any atom is -0.379 e. The Morgan fingerprint density at radius 3 is 2.38 bits per heavy atom. The third-order valence-electron chi connectivity index (χ3n) is 5.39. The van der Waals surface area contributed by atoms with Crippen LogP contribution in [0.4, 0.5) is 27.9 Å². The molecular weight excluding hydrogens is 437 g/mol. The monoisotopic (exact) mass is 467 g/mol. The third kappa shape index (κ3) is 6.96. The molecule has 2 aromatic heterocycles. The predicted molar refractivity (Wildman–Crippen MR) is 130 cm³/mol. The molecule has 3 heterocycles. The van der Waals surface area contributed by atoms with Crippen molar-refractivity contribution in [2.75, 3.05) is 67.7 Å². The molecule has 3 aromatic rings. The number of morpholine rings is 1. The molecule has 4 N–H and O–H groups in total. The maximum Gasteiger partial charge on any atom is 0.224 e. The van der Waals surface area contributed by atoms with Crippen LogP contribution in [0.15, 0.2) is 42.7 Å². The summed E-state index contributed by atoms with van der Waals surface area (Å²) in [6.07, 6.45) is 2.89. The van der Waals surface area contributed by atoms with E-state index in [2.05, 4.69) is 46.1 Å². The fraction of sp³-hybridized carbons (Fsp3) is 0.391. The molecule has 4 rings (SSSR count). The Morgan fingerprint density at radius 2 is 1.65 bits per heavy atom. The van der Waals surface area contributed by atoms with Gasteiger partial charge in [-0.3, -0.25) is 4.90 Å². The first-order chi connectivity index (χ1) is 16.7. The van der Waals surface area contributed by atoms with Crippen molar-refractivity contribution >= 4 is 23.5 Å². The van der Waals surface area contributed by atoms with E-state index in [1.807, 2.05) is 30.3 Å². The molecule has 1 aromatic carbocycles. The molecule has 1 fully saturated rings. The number of anilines is 4. The Hall–Kier alpha value is -3.57. The Labute approximate surface area is 198 Å². The zero-order valence-electron chi connectivity index (χ0n) is 19.2. The largest absolute Gasteiger partial charge is 0.379 e. The first-order valence-corrected chi connectivity index (χ1v) is 11.3. The molecular formula is C23H30FN9O. The number of benzene rings is 1. The van der Waals surface area contributed by atoms with Crippen LogP contribution in [0.2, 0.25) is 0 Å². The minimum atomic E-state index is -0.486. The Balaban J connectivity index is 1.23. The van der Waals surface area contributed by atoms with Crippen LogP contribution in [0.5, 0.6) is 0 Å². The van der Waals surface area contributed by atoms with Crippen molar-refractivity contribution in [3.8, 4) is 0 Å². The van der Waals surface area contributed by atoms with Gasteiger partial charge in [-0.2, -0.15) is 9.97 Å². The van der Waals surface area contributed by atoms with Gasteiger partial charge in [0.15, 0.2) is 11.6 Å². The maximum absolute atomic E-state index is 13.9. The van der Waals surface area contributed by atoms with Gasteiger partial charge in [0.2, 0.25) is 11.9 Å². The van der Waals surface area contributed by atoms with E-state index in [4.69, 9.17) is 4.74 Å². The minimum absolute atomic E-state index is 0.170. The summed E-state index contributed by atoms with van der Waals surface area (Å²) < 4.78 is 19.2. The van der Waals surface area contributed by atoms with Gasteiger partial charge < -0.3 is 26.0 Å². The standard InChI is InChI=1S/C23H30FN9O/c1-25-22-30-16-19(24)21(32-22)29-15-18-4-2-17(3-5-18)14-28-20-6-7-26-23(31-20)27-8-9-33-10-12-34-13-11-33/h2-7,16H,8-15H2,1H3,(H2,25,29,30,32)(H2,26,27,28,31). The quantitative estimate of drug-likeness (QED) is 0.335. The lowest BCUT2D eigenvalue weighted by atomic mass is 10.1. The summed E-state index contributed by atoms with van der Waals surface area (Å²) in [7, 11) is 1.69. The van der Waals surface area contributed by atoms with Gasteiger partial charge in [0.05, 0.1) is 19.4 Å². The molecule has 0 unspecified atom stereocenters. The zero-order chi connectivity index (χ0) is 23.6. The topological polar surface area (TPSA) is 112 Å². The van der Waals surface area contributed by atoms with E-state index < -0.39 is 5.82 Å². The van der Waals surface area contributed by atoms with Crippen molar-refractivity contribution < 1.29 is 9.13 Å². The highest BCUT2D eigenvalue weighted by atomic mass is 19.1. The van der Waals surface area contributed by atoms with E-state index in [-0.39, 0.29) is 5.82 Å². The summed E-state index contributed by atoms with van der Waals surface area (Å²) in [6.45, 7) is 6.33. The molecule has 10 nitrogen and oxygen atoms in total. The van der Waals surface area contributed by atoms with Gasteiger partial charge in [0.1, 0.15) is 5.82 Å². The third-order valence-corrected chi connectivity index (χ3v) is 5.39. The summed E-state index contributed by atoms with van der Waals surface area (Å²) in [5.74, 6) is 1.42. The zero-order valence-corrected chi connectivity index (χ0v) is 19.2. The summed E-state index contributed by atoms with van der Waals surface area (Å²) >= 11 is 0. The fourth-order valence-corrected chi connectivity index (χ4v) is 3.46. The Bertz CT molecular complexity index is 1040. The average Bonchev–Trinajstić information content (AvgIpc) is 2.88. The molecule has 0 spiro atoms. The van der Waals surface area contributed by atoms with Crippen molar-refractivity contribution in [2.45, 2.75) is 13.1 Å². The summed E-state index contributed by atoms with van der Waals surface area (Å²) in [5, 5.41) is 12.4. The van der Waals surface area contributed by atoms with Crippen LogP contribution in [0, 0.1) is 5.82 Å². The second-order valence-corrected chi connectivity index (χ2v) is 7.81. The molecule has 0 amide bonds. The normalized spacial score (nSPS) is 13.9. The van der Waals surface area contributed by atoms with Crippen molar-refractivity contribution in [3.05, 3.63) is 59.7 Å². The van der Waals surface area contributed by atoms with Gasteiger partial charge in [0, 0.05) is 52.5 Å². The molecule has 11 heteroatoms. The van der Waals surface area contributed by atoms with Crippen LogP contribution in [0.25, 0.3) is 0 Å². The van der Waals surface area contributed by atoms with E-state index >= 15 is 0 Å². The molecule has 1 aliphatic heterocycles. The number of hydrogen-bond donors (Lipinski definition) is 4. The highest BCUT2D eigenvalue weighted by molar-refractivity contribution is 5.42. The highest BCUT2D eigenvalue weighted by Crippen LogP contribution is 2.14. The molecule has 1 saturated heterocycles. The summed E-state index contributed by atoms with van der Waals surface area (Å²) in [6, 6.07) is 9.91. The van der Waals surface area contributed by atoms with E-state index in [1.165, 1.54) is 0 Å². The number of rotatable bonds is 11. The van der Waals surface area contributed by atoms with Crippen LogP contribution in [0.3, 0.4) is 0 Å². The molecule has 0 aliphatic carbocycles. The van der Waals surface area contributed by atoms with Crippen LogP contribution in [-0.4, -0.2) is 71.3 Å². The predicted octanol–water partition coefficient (Wildman–Crippen LogP) is 2.42. The van der Waals surface area contributed by atoms with Gasteiger partial charge in [-0.25, -0.2) is 14.4 Å². The lowest BCUT2D eigenvalue weighted by molar-refractivity contribution is 0.0398. The Morgan fingerprint density at radius 1 is 0.912 bits per heavy atom. The van der Waals surface area contributed by atoms with Crippen LogP contribution < -0.4 is 21.3 Å². The molecule has 0 atom stereocenters. The molecule has 34 heavy (non-hydrogen) atoms. The van der Waals surface area contributed by atoms with Crippen molar-refractivity contribution in [1.29, 1.82) is 0 Å². The Kier molecular flexibility index (Phi) is 8.36. The number of ether oxygens (including phenoxy) is 1. The van der Waals surface area contributed by atoms with Gasteiger partial charge in [-0.05, 0) is 17.2 Å². The number of nitrogens with one attached hydrogen (secondary N) is 4. The fourth-order valence-electron chi connectivity index (χ4n) is 3.46. The number of nitrogens with zero attached hydrogens (tertiary/aromatic N) is 5. The lowest BCUT2D eigenvalue weighted by Gasteiger charge is -2.26. The summed E-state index contributed by atoms with van der Waals surface area (Å²) in [5.41, 5.74) is 2.12.